The van der Waals surface area contributed by atoms with E-state index in [1.807, 2.05) is 71.0 Å². The summed E-state index contributed by atoms with van der Waals surface area (Å²) in [5.41, 5.74) is 4.30. The number of piperidine rings is 1. The Kier molecular flexibility index (Phi) is 6.11. The third-order valence-corrected chi connectivity index (χ3v) is 6.84. The number of carbonyl (C=O) groups excluding carboxylic acids is 1. The van der Waals surface area contributed by atoms with Gasteiger partial charge < -0.3 is 9.88 Å². The van der Waals surface area contributed by atoms with E-state index in [1.54, 1.807) is 16.8 Å². The quantitative estimate of drug-likeness (QED) is 0.434. The Hall–Kier alpha value is -3.58. The number of imidazole rings is 1. The summed E-state index contributed by atoms with van der Waals surface area (Å²) in [4.78, 5) is 30.1. The molecule has 0 spiro atoms. The number of aromatic nitrogens is 4. The van der Waals surface area contributed by atoms with Crippen LogP contribution in [0, 0.1) is 6.92 Å². The largest absolute Gasteiger partial charge is 0.339 e. The summed E-state index contributed by atoms with van der Waals surface area (Å²) in [5.74, 6) is -0.0593. The maximum atomic E-state index is 12.9. The second-order valence-corrected chi connectivity index (χ2v) is 9.00. The number of halogens is 1. The average molecular weight is 476 g/mol. The topological polar surface area (TPSA) is 75.9 Å². The van der Waals surface area contributed by atoms with Crippen molar-refractivity contribution in [1.82, 2.24) is 24.2 Å². The lowest BCUT2D eigenvalue weighted by molar-refractivity contribution is -0.127. The van der Waals surface area contributed by atoms with Crippen LogP contribution in [-0.4, -0.2) is 43.2 Å². The van der Waals surface area contributed by atoms with Gasteiger partial charge in [-0.3, -0.25) is 9.36 Å². The molecule has 5 rings (SSSR count). The van der Waals surface area contributed by atoms with Crippen LogP contribution < -0.4 is 5.69 Å². The number of H-pyrrole nitrogens is 1. The van der Waals surface area contributed by atoms with Crippen LogP contribution in [0.25, 0.3) is 17.1 Å². The summed E-state index contributed by atoms with van der Waals surface area (Å²) >= 11 is 6.58. The minimum absolute atomic E-state index is 0.0593. The zero-order valence-corrected chi connectivity index (χ0v) is 19.7. The van der Waals surface area contributed by atoms with Gasteiger partial charge in [0.2, 0.25) is 5.91 Å². The number of benzene rings is 2. The van der Waals surface area contributed by atoms with Gasteiger partial charge in [0.15, 0.2) is 0 Å². The van der Waals surface area contributed by atoms with Gasteiger partial charge in [0.25, 0.3) is 0 Å². The van der Waals surface area contributed by atoms with E-state index in [-0.39, 0.29) is 17.6 Å². The van der Waals surface area contributed by atoms with Crippen molar-refractivity contribution in [2.75, 3.05) is 13.1 Å². The molecule has 0 saturated carbocycles. The number of likely N-dealkylation sites (tertiary alicyclic amines) is 1. The fraction of sp³-hybridized carbons (Fsp3) is 0.269. The lowest BCUT2D eigenvalue weighted by Gasteiger charge is -2.32. The van der Waals surface area contributed by atoms with Crippen molar-refractivity contribution < 1.29 is 4.79 Å². The Morgan fingerprint density at radius 2 is 1.82 bits per heavy atom. The van der Waals surface area contributed by atoms with Crippen molar-refractivity contribution in [3.8, 4) is 0 Å². The highest BCUT2D eigenvalue weighted by atomic mass is 35.5. The second kappa shape index (κ2) is 9.35. The summed E-state index contributed by atoms with van der Waals surface area (Å²) in [7, 11) is 0. The van der Waals surface area contributed by atoms with Crippen molar-refractivity contribution in [2.24, 2.45) is 0 Å². The average Bonchev–Trinajstić information content (AvgIpc) is 3.32. The summed E-state index contributed by atoms with van der Waals surface area (Å²) in [6.45, 7) is 3.66. The molecule has 174 valence electrons. The molecule has 2 aromatic carbocycles. The molecule has 1 fully saturated rings. The molecule has 0 atom stereocenters. The number of carbonyl (C=O) groups is 1. The smallest absolute Gasteiger partial charge is 0.326 e. The zero-order valence-electron chi connectivity index (χ0n) is 18.9. The van der Waals surface area contributed by atoms with Gasteiger partial charge in [-0.25, -0.2) is 9.48 Å². The third-order valence-electron chi connectivity index (χ3n) is 6.44. The van der Waals surface area contributed by atoms with Crippen LogP contribution in [-0.2, 0) is 11.3 Å². The number of hydrogen-bond acceptors (Lipinski definition) is 3. The molecule has 7 nitrogen and oxygen atoms in total. The number of hydrogen-bond donors (Lipinski definition) is 1. The minimum atomic E-state index is -0.0940. The van der Waals surface area contributed by atoms with E-state index >= 15 is 0 Å². The van der Waals surface area contributed by atoms with Gasteiger partial charge in [-0.15, -0.1) is 0 Å². The van der Waals surface area contributed by atoms with E-state index in [2.05, 4.69) is 10.1 Å². The molecule has 4 aromatic rings. The van der Waals surface area contributed by atoms with Gasteiger partial charge >= 0.3 is 5.69 Å². The van der Waals surface area contributed by atoms with Gasteiger partial charge in [-0.05, 0) is 43.5 Å². The molecule has 1 aliphatic rings. The number of rotatable bonds is 5. The second-order valence-electron chi connectivity index (χ2n) is 8.64. The van der Waals surface area contributed by atoms with Crippen molar-refractivity contribution in [3.05, 3.63) is 93.1 Å². The zero-order chi connectivity index (χ0) is 23.7. The molecule has 1 amide bonds. The molecule has 0 radical (unpaired) electrons. The Morgan fingerprint density at radius 3 is 2.59 bits per heavy atom. The summed E-state index contributed by atoms with van der Waals surface area (Å²) in [5, 5.41) is 5.06. The first-order valence-corrected chi connectivity index (χ1v) is 11.8. The van der Waals surface area contributed by atoms with Gasteiger partial charge in [0.05, 0.1) is 23.3 Å². The highest BCUT2D eigenvalue weighted by molar-refractivity contribution is 6.31. The van der Waals surface area contributed by atoms with Crippen LogP contribution >= 0.6 is 11.6 Å². The number of aryl methyl sites for hydroxylation is 1. The fourth-order valence-corrected chi connectivity index (χ4v) is 4.96. The molecule has 1 aliphatic heterocycles. The normalized spacial score (nSPS) is 14.9. The third kappa shape index (κ3) is 4.31. The first-order chi connectivity index (χ1) is 16.5. The minimum Gasteiger partial charge on any atom is -0.339 e. The van der Waals surface area contributed by atoms with E-state index in [1.165, 1.54) is 0 Å². The van der Waals surface area contributed by atoms with E-state index < -0.39 is 0 Å². The van der Waals surface area contributed by atoms with Crippen molar-refractivity contribution >= 4 is 34.6 Å². The van der Waals surface area contributed by atoms with Crippen LogP contribution in [0.3, 0.4) is 0 Å². The molecule has 2 aromatic heterocycles. The molecule has 3 heterocycles. The van der Waals surface area contributed by atoms with E-state index in [0.29, 0.717) is 24.8 Å². The monoisotopic (exact) mass is 475 g/mol. The van der Waals surface area contributed by atoms with E-state index in [0.717, 1.165) is 40.7 Å². The number of nitrogens with zero attached hydrogens (tertiary/aromatic N) is 4. The molecular formula is C26H26ClN5O2. The van der Waals surface area contributed by atoms with Crippen LogP contribution in [0.2, 0.25) is 5.15 Å². The SMILES string of the molecule is Cc1nn(Cc2ccccc2)c(Cl)c1C=CC(=O)N1CCC(n2c(=O)[nH]c3ccccc32)CC1. The Labute approximate surface area is 202 Å². The Balaban J connectivity index is 1.25. The predicted molar refractivity (Wildman–Crippen MR) is 134 cm³/mol. The van der Waals surface area contributed by atoms with Crippen LogP contribution in [0.5, 0.6) is 0 Å². The summed E-state index contributed by atoms with van der Waals surface area (Å²) < 4.78 is 3.58. The van der Waals surface area contributed by atoms with E-state index in [4.69, 9.17) is 11.6 Å². The Morgan fingerprint density at radius 1 is 1.12 bits per heavy atom. The molecular weight excluding hydrogens is 450 g/mol. The molecule has 1 N–H and O–H groups in total. The number of fused-ring (bicyclic) bond motifs is 1. The molecule has 1 saturated heterocycles. The first kappa shape index (κ1) is 22.2. The molecule has 8 heteroatoms. The lowest BCUT2D eigenvalue weighted by Crippen LogP contribution is -2.39. The summed E-state index contributed by atoms with van der Waals surface area (Å²) in [6.07, 6.45) is 4.79. The van der Waals surface area contributed by atoms with Crippen molar-refractivity contribution in [3.63, 3.8) is 0 Å². The van der Waals surface area contributed by atoms with Gasteiger partial charge in [0, 0.05) is 30.8 Å². The molecule has 0 aliphatic carbocycles. The predicted octanol–water partition coefficient (Wildman–Crippen LogP) is 4.41. The number of nitrogens with one attached hydrogen (secondary N) is 1. The molecule has 34 heavy (non-hydrogen) atoms. The van der Waals surface area contributed by atoms with Gasteiger partial charge in [-0.1, -0.05) is 54.1 Å². The van der Waals surface area contributed by atoms with Crippen molar-refractivity contribution in [1.29, 1.82) is 0 Å². The van der Waals surface area contributed by atoms with Crippen LogP contribution in [0.1, 0.15) is 35.7 Å². The standard InChI is InChI=1S/C26H26ClN5O2/c1-18-21(25(27)31(29-18)17-19-7-3-2-4-8-19)11-12-24(33)30-15-13-20(14-16-30)32-23-10-6-5-9-22(23)28-26(32)34/h2-12,20H,13-17H2,1H3,(H,28,34). The molecule has 0 unspecified atom stereocenters. The Bertz CT molecular complexity index is 1410. The number of para-hydroxylation sites is 2. The fourth-order valence-electron chi connectivity index (χ4n) is 4.66. The van der Waals surface area contributed by atoms with Crippen LogP contribution in [0.4, 0.5) is 0 Å². The summed E-state index contributed by atoms with van der Waals surface area (Å²) in [6, 6.07) is 17.8. The van der Waals surface area contributed by atoms with E-state index in [9.17, 15) is 9.59 Å². The van der Waals surface area contributed by atoms with Crippen LogP contribution in [0.15, 0.2) is 65.5 Å². The van der Waals surface area contributed by atoms with Crippen molar-refractivity contribution in [2.45, 2.75) is 32.4 Å². The lowest BCUT2D eigenvalue weighted by atomic mass is 10.0. The number of aromatic amines is 1. The highest BCUT2D eigenvalue weighted by Crippen LogP contribution is 2.26. The van der Waals surface area contributed by atoms with Gasteiger partial charge in [0.1, 0.15) is 5.15 Å². The molecule has 0 bridgehead atoms. The highest BCUT2D eigenvalue weighted by Gasteiger charge is 2.25. The van der Waals surface area contributed by atoms with Gasteiger partial charge in [-0.2, -0.15) is 5.10 Å². The maximum Gasteiger partial charge on any atom is 0.326 e. The first-order valence-electron chi connectivity index (χ1n) is 11.4. The number of amides is 1. The maximum absolute atomic E-state index is 12.9.